The predicted molar refractivity (Wildman–Crippen MR) is 56.7 cm³/mol. The highest BCUT2D eigenvalue weighted by Gasteiger charge is 2.18. The highest BCUT2D eigenvalue weighted by atomic mass is 16.5. The number of rotatable bonds is 2. The van der Waals surface area contributed by atoms with Crippen molar-refractivity contribution < 1.29 is 9.53 Å². The number of hydrogen-bond acceptors (Lipinski definition) is 3. The first kappa shape index (κ1) is 9.98. The summed E-state index contributed by atoms with van der Waals surface area (Å²) in [6.07, 6.45) is 0. The Morgan fingerprint density at radius 3 is 2.60 bits per heavy atom. The Kier molecular flexibility index (Phi) is 2.87. The summed E-state index contributed by atoms with van der Waals surface area (Å²) >= 11 is 0. The zero-order valence-corrected chi connectivity index (χ0v) is 8.62. The van der Waals surface area contributed by atoms with Gasteiger partial charge in [-0.15, -0.1) is 0 Å². The van der Waals surface area contributed by atoms with Crippen LogP contribution < -0.4 is 15.4 Å². The van der Waals surface area contributed by atoms with Gasteiger partial charge in [-0.25, -0.2) is 0 Å². The Morgan fingerprint density at radius 1 is 1.33 bits per heavy atom. The molecule has 1 heterocycles. The summed E-state index contributed by atoms with van der Waals surface area (Å²) in [5, 5.41) is 6.00. The average molecular weight is 206 g/mol. The van der Waals surface area contributed by atoms with E-state index in [0.717, 1.165) is 11.3 Å². The molecule has 1 atom stereocenters. The molecule has 0 spiro atoms. The van der Waals surface area contributed by atoms with Gasteiger partial charge in [-0.3, -0.25) is 10.1 Å². The molecular formula is C11H14N2O2. The van der Waals surface area contributed by atoms with Crippen LogP contribution in [-0.4, -0.2) is 26.1 Å². The Balaban J connectivity index is 2.06. The molecule has 4 nitrogen and oxygen atoms in total. The van der Waals surface area contributed by atoms with Gasteiger partial charge in [0.25, 0.3) is 0 Å². The lowest BCUT2D eigenvalue weighted by Gasteiger charge is -2.24. The van der Waals surface area contributed by atoms with Crippen LogP contribution in [0.15, 0.2) is 24.3 Å². The molecule has 2 N–H and O–H groups in total. The minimum atomic E-state index is 0.0553. The first-order valence-corrected chi connectivity index (χ1v) is 4.93. The molecule has 1 fully saturated rings. The van der Waals surface area contributed by atoms with Crippen molar-refractivity contribution >= 4 is 5.91 Å². The van der Waals surface area contributed by atoms with Crippen LogP contribution in [-0.2, 0) is 4.79 Å². The molecule has 1 aromatic rings. The van der Waals surface area contributed by atoms with E-state index in [2.05, 4.69) is 10.6 Å². The van der Waals surface area contributed by atoms with Crippen molar-refractivity contribution in [2.24, 2.45) is 0 Å². The summed E-state index contributed by atoms with van der Waals surface area (Å²) in [7, 11) is 1.65. The third-order valence-electron chi connectivity index (χ3n) is 2.53. The molecule has 1 amide bonds. The van der Waals surface area contributed by atoms with Gasteiger partial charge in [0.15, 0.2) is 0 Å². The second-order valence-corrected chi connectivity index (χ2v) is 3.51. The Labute approximate surface area is 88.6 Å². The van der Waals surface area contributed by atoms with Crippen LogP contribution in [0.2, 0.25) is 0 Å². The van der Waals surface area contributed by atoms with E-state index in [0.29, 0.717) is 13.1 Å². The van der Waals surface area contributed by atoms with Gasteiger partial charge in [0.1, 0.15) is 5.75 Å². The highest BCUT2D eigenvalue weighted by Crippen LogP contribution is 2.17. The lowest BCUT2D eigenvalue weighted by atomic mass is 10.1. The number of carbonyl (C=O) groups is 1. The van der Waals surface area contributed by atoms with E-state index in [1.54, 1.807) is 7.11 Å². The van der Waals surface area contributed by atoms with Crippen LogP contribution in [0.25, 0.3) is 0 Å². The molecule has 1 saturated heterocycles. The van der Waals surface area contributed by atoms with Gasteiger partial charge >= 0.3 is 0 Å². The van der Waals surface area contributed by atoms with Crippen molar-refractivity contribution in [2.75, 3.05) is 20.2 Å². The molecule has 0 aromatic heterocycles. The van der Waals surface area contributed by atoms with Gasteiger partial charge in [0.05, 0.1) is 19.7 Å². The minimum absolute atomic E-state index is 0.0553. The maximum atomic E-state index is 10.9. The largest absolute Gasteiger partial charge is 0.497 e. The van der Waals surface area contributed by atoms with Gasteiger partial charge in [0.2, 0.25) is 5.91 Å². The molecule has 1 aliphatic rings. The third-order valence-corrected chi connectivity index (χ3v) is 2.53. The Morgan fingerprint density at radius 2 is 2.07 bits per heavy atom. The monoisotopic (exact) mass is 206 g/mol. The van der Waals surface area contributed by atoms with Crippen LogP contribution in [0.4, 0.5) is 0 Å². The number of methoxy groups -OCH3 is 1. The number of carbonyl (C=O) groups excluding carboxylic acids is 1. The van der Waals surface area contributed by atoms with Gasteiger partial charge in [0, 0.05) is 6.54 Å². The maximum Gasteiger partial charge on any atom is 0.234 e. The summed E-state index contributed by atoms with van der Waals surface area (Å²) in [5.41, 5.74) is 1.16. The van der Waals surface area contributed by atoms with Crippen molar-refractivity contribution in [3.8, 4) is 5.75 Å². The van der Waals surface area contributed by atoms with Crippen LogP contribution in [0, 0.1) is 0 Å². The SMILES string of the molecule is COc1ccc(C2CNC(=O)CN2)cc1. The molecule has 0 aliphatic carbocycles. The second-order valence-electron chi connectivity index (χ2n) is 3.51. The average Bonchev–Trinajstić information content (AvgIpc) is 2.30. The molecule has 0 bridgehead atoms. The number of ether oxygens (including phenoxy) is 1. The fraction of sp³-hybridized carbons (Fsp3) is 0.364. The van der Waals surface area contributed by atoms with Gasteiger partial charge in [-0.05, 0) is 17.7 Å². The Hall–Kier alpha value is -1.55. The van der Waals surface area contributed by atoms with Crippen molar-refractivity contribution in [3.63, 3.8) is 0 Å². The van der Waals surface area contributed by atoms with E-state index >= 15 is 0 Å². The van der Waals surface area contributed by atoms with Crippen LogP contribution in [0.3, 0.4) is 0 Å². The summed E-state index contributed by atoms with van der Waals surface area (Å²) in [5.74, 6) is 0.901. The first-order valence-electron chi connectivity index (χ1n) is 4.93. The maximum absolute atomic E-state index is 10.9. The van der Waals surface area contributed by atoms with E-state index in [-0.39, 0.29) is 11.9 Å². The standard InChI is InChI=1S/C11H14N2O2/c1-15-9-4-2-8(3-5-9)10-6-13-11(14)7-12-10/h2-5,10,12H,6-7H2,1H3,(H,13,14). The summed E-state index contributed by atoms with van der Waals surface area (Å²) < 4.78 is 5.08. The molecule has 1 aromatic carbocycles. The van der Waals surface area contributed by atoms with Crippen molar-refractivity contribution in [3.05, 3.63) is 29.8 Å². The minimum Gasteiger partial charge on any atom is -0.497 e. The van der Waals surface area contributed by atoms with E-state index in [1.807, 2.05) is 24.3 Å². The zero-order chi connectivity index (χ0) is 10.7. The number of hydrogen-bond donors (Lipinski definition) is 2. The van der Waals surface area contributed by atoms with Crippen molar-refractivity contribution in [1.82, 2.24) is 10.6 Å². The summed E-state index contributed by atoms with van der Waals surface area (Å²) in [6.45, 7) is 1.03. The van der Waals surface area contributed by atoms with Crippen molar-refractivity contribution in [1.29, 1.82) is 0 Å². The van der Waals surface area contributed by atoms with Gasteiger partial charge in [-0.1, -0.05) is 12.1 Å². The number of piperazine rings is 1. The lowest BCUT2D eigenvalue weighted by Crippen LogP contribution is -2.46. The fourth-order valence-electron chi connectivity index (χ4n) is 1.64. The normalized spacial score (nSPS) is 20.9. The topological polar surface area (TPSA) is 50.4 Å². The first-order chi connectivity index (χ1) is 7.29. The molecule has 0 saturated carbocycles. The second kappa shape index (κ2) is 4.31. The molecule has 80 valence electrons. The van der Waals surface area contributed by atoms with Crippen LogP contribution >= 0.6 is 0 Å². The van der Waals surface area contributed by atoms with Crippen LogP contribution in [0.1, 0.15) is 11.6 Å². The molecule has 2 rings (SSSR count). The molecule has 4 heteroatoms. The predicted octanol–water partition coefficient (Wildman–Crippen LogP) is 0.456. The summed E-state index contributed by atoms with van der Waals surface area (Å²) in [6, 6.07) is 8.07. The quantitative estimate of drug-likeness (QED) is 0.739. The number of benzene rings is 1. The molecule has 1 unspecified atom stereocenters. The van der Waals surface area contributed by atoms with Crippen molar-refractivity contribution in [2.45, 2.75) is 6.04 Å². The molecular weight excluding hydrogens is 192 g/mol. The molecule has 0 radical (unpaired) electrons. The molecule has 15 heavy (non-hydrogen) atoms. The van der Waals surface area contributed by atoms with Gasteiger partial charge in [-0.2, -0.15) is 0 Å². The smallest absolute Gasteiger partial charge is 0.234 e. The Bertz CT molecular complexity index is 338. The third kappa shape index (κ3) is 2.27. The van der Waals surface area contributed by atoms with Crippen LogP contribution in [0.5, 0.6) is 5.75 Å². The summed E-state index contributed by atoms with van der Waals surface area (Å²) in [4.78, 5) is 10.9. The number of amides is 1. The lowest BCUT2D eigenvalue weighted by molar-refractivity contribution is -0.121. The number of nitrogens with one attached hydrogen (secondary N) is 2. The highest BCUT2D eigenvalue weighted by molar-refractivity contribution is 5.78. The van der Waals surface area contributed by atoms with E-state index in [4.69, 9.17) is 4.74 Å². The van der Waals surface area contributed by atoms with Gasteiger partial charge < -0.3 is 10.1 Å². The fourth-order valence-corrected chi connectivity index (χ4v) is 1.64. The zero-order valence-electron chi connectivity index (χ0n) is 8.62. The molecule has 1 aliphatic heterocycles. The van der Waals surface area contributed by atoms with E-state index in [9.17, 15) is 4.79 Å². The van der Waals surface area contributed by atoms with E-state index in [1.165, 1.54) is 0 Å². The van der Waals surface area contributed by atoms with E-state index < -0.39 is 0 Å².